The van der Waals surface area contributed by atoms with E-state index in [1.165, 1.54) is 17.4 Å². The Morgan fingerprint density at radius 2 is 1.88 bits per heavy atom. The summed E-state index contributed by atoms with van der Waals surface area (Å²) in [5, 5.41) is 2.18. The summed E-state index contributed by atoms with van der Waals surface area (Å²) in [6.07, 6.45) is -3.89. The molecule has 0 radical (unpaired) electrons. The number of aryl methyl sites for hydroxylation is 1. The lowest BCUT2D eigenvalue weighted by molar-refractivity contribution is -0.144. The second-order valence-electron chi connectivity index (χ2n) is 5.48. The van der Waals surface area contributed by atoms with E-state index in [9.17, 15) is 26.0 Å². The molecule has 0 unspecified atom stereocenters. The van der Waals surface area contributed by atoms with Crippen molar-refractivity contribution < 1.29 is 26.0 Å². The van der Waals surface area contributed by atoms with Gasteiger partial charge in [-0.2, -0.15) is 13.2 Å². The number of thiazole rings is 1. The van der Waals surface area contributed by atoms with E-state index < -0.39 is 32.6 Å². The number of nitrogens with one attached hydrogen (secondary N) is 1. The third-order valence-corrected chi connectivity index (χ3v) is 5.36. The zero-order chi connectivity index (χ0) is 19.3. The maximum atomic E-state index is 14.2. The van der Waals surface area contributed by atoms with Crippen LogP contribution in [0.4, 0.5) is 17.6 Å². The van der Waals surface area contributed by atoms with Crippen molar-refractivity contribution in [1.29, 1.82) is 0 Å². The Labute approximate surface area is 149 Å². The van der Waals surface area contributed by atoms with E-state index in [1.807, 2.05) is 0 Å². The normalized spacial score (nSPS) is 12.5. The number of aromatic nitrogens is 3. The fourth-order valence-corrected chi connectivity index (χ4v) is 3.66. The van der Waals surface area contributed by atoms with Crippen LogP contribution in [-0.4, -0.2) is 29.6 Å². The van der Waals surface area contributed by atoms with Crippen LogP contribution < -0.4 is 0 Å². The SMILES string of the molecule is Cc1nc(-c2[nH]c(C(F)(F)F)nc2-c2ccc(S(C)(=O)=O)c(F)c2)cs1. The lowest BCUT2D eigenvalue weighted by atomic mass is 10.1. The highest BCUT2D eigenvalue weighted by Gasteiger charge is 2.36. The molecule has 3 aromatic rings. The standard InChI is InChI=1S/C15H11F4N3O2S2/c1-7-20-10(6-25-7)13-12(21-14(22-13)15(17,18)19)8-3-4-11(9(16)5-8)26(2,23)24/h3-6H,1-2H3,(H,21,22). The van der Waals surface area contributed by atoms with Crippen molar-refractivity contribution in [2.24, 2.45) is 0 Å². The number of hydrogen-bond donors (Lipinski definition) is 1. The molecule has 0 aliphatic rings. The van der Waals surface area contributed by atoms with E-state index in [1.54, 1.807) is 12.3 Å². The molecule has 1 aromatic carbocycles. The van der Waals surface area contributed by atoms with Crippen LogP contribution >= 0.6 is 11.3 Å². The number of rotatable bonds is 3. The molecule has 2 heterocycles. The summed E-state index contributed by atoms with van der Waals surface area (Å²) in [7, 11) is -3.80. The van der Waals surface area contributed by atoms with Crippen LogP contribution in [0, 0.1) is 12.7 Å². The molecule has 3 rings (SSSR count). The van der Waals surface area contributed by atoms with Crippen molar-refractivity contribution in [2.45, 2.75) is 18.0 Å². The highest BCUT2D eigenvalue weighted by atomic mass is 32.2. The van der Waals surface area contributed by atoms with Gasteiger partial charge in [0.05, 0.1) is 22.1 Å². The Balaban J connectivity index is 2.21. The Kier molecular flexibility index (Phi) is 4.39. The number of H-pyrrole nitrogens is 1. The molecule has 1 N–H and O–H groups in total. The largest absolute Gasteiger partial charge is 0.449 e. The zero-order valence-electron chi connectivity index (χ0n) is 13.3. The predicted molar refractivity (Wildman–Crippen MR) is 87.9 cm³/mol. The number of sulfone groups is 1. The molecule has 138 valence electrons. The summed E-state index contributed by atoms with van der Waals surface area (Å²) < 4.78 is 76.3. The van der Waals surface area contributed by atoms with E-state index in [0.717, 1.165) is 18.4 Å². The van der Waals surface area contributed by atoms with Crippen molar-refractivity contribution >= 4 is 21.2 Å². The Bertz CT molecular complexity index is 1080. The number of aromatic amines is 1. The number of nitrogens with zero attached hydrogens (tertiary/aromatic N) is 2. The van der Waals surface area contributed by atoms with E-state index in [4.69, 9.17) is 0 Å². The van der Waals surface area contributed by atoms with Gasteiger partial charge < -0.3 is 4.98 Å². The Hall–Kier alpha value is -2.27. The van der Waals surface area contributed by atoms with Crippen LogP contribution in [-0.2, 0) is 16.0 Å². The third kappa shape index (κ3) is 3.49. The van der Waals surface area contributed by atoms with Gasteiger partial charge in [-0.1, -0.05) is 6.07 Å². The summed E-state index contributed by atoms with van der Waals surface area (Å²) in [5.41, 5.74) is 0.0511. The Morgan fingerprint density at radius 1 is 1.19 bits per heavy atom. The topological polar surface area (TPSA) is 75.7 Å². The molecule has 0 fully saturated rings. The average molecular weight is 405 g/mol. The van der Waals surface area contributed by atoms with Crippen LogP contribution in [0.2, 0.25) is 0 Å². The summed E-state index contributed by atoms with van der Waals surface area (Å²) in [5.74, 6) is -2.32. The van der Waals surface area contributed by atoms with Gasteiger partial charge in [-0.15, -0.1) is 11.3 Å². The highest BCUT2D eigenvalue weighted by Crippen LogP contribution is 2.36. The summed E-state index contributed by atoms with van der Waals surface area (Å²) in [6.45, 7) is 1.69. The van der Waals surface area contributed by atoms with Gasteiger partial charge in [-0.05, 0) is 19.1 Å². The first-order valence-corrected chi connectivity index (χ1v) is 9.83. The maximum absolute atomic E-state index is 14.2. The lowest BCUT2D eigenvalue weighted by Gasteiger charge is -2.04. The molecule has 0 spiro atoms. The van der Waals surface area contributed by atoms with Crippen molar-refractivity contribution in [3.63, 3.8) is 0 Å². The van der Waals surface area contributed by atoms with E-state index in [-0.39, 0.29) is 22.6 Å². The molecule has 0 amide bonds. The molecule has 11 heteroatoms. The van der Waals surface area contributed by atoms with Crippen LogP contribution in [0.3, 0.4) is 0 Å². The number of benzene rings is 1. The van der Waals surface area contributed by atoms with Crippen molar-refractivity contribution in [1.82, 2.24) is 15.0 Å². The molecular weight excluding hydrogens is 394 g/mol. The Morgan fingerprint density at radius 3 is 2.38 bits per heavy atom. The van der Waals surface area contributed by atoms with E-state index in [2.05, 4.69) is 15.0 Å². The quantitative estimate of drug-likeness (QED) is 0.667. The smallest absolute Gasteiger partial charge is 0.333 e. The summed E-state index contributed by atoms with van der Waals surface area (Å²) in [4.78, 5) is 9.31. The second kappa shape index (κ2) is 6.16. The van der Waals surface area contributed by atoms with E-state index >= 15 is 0 Å². The third-order valence-electron chi connectivity index (χ3n) is 3.45. The first-order valence-electron chi connectivity index (χ1n) is 7.06. The zero-order valence-corrected chi connectivity index (χ0v) is 15.0. The summed E-state index contributed by atoms with van der Waals surface area (Å²) in [6, 6.07) is 3.05. The minimum Gasteiger partial charge on any atom is -0.333 e. The molecule has 0 aliphatic carbocycles. The van der Waals surface area contributed by atoms with Gasteiger partial charge in [0.2, 0.25) is 5.82 Å². The van der Waals surface area contributed by atoms with Crippen LogP contribution in [0.1, 0.15) is 10.8 Å². The van der Waals surface area contributed by atoms with Gasteiger partial charge in [0.15, 0.2) is 9.84 Å². The number of alkyl halides is 3. The first kappa shape index (κ1) is 18.5. The monoisotopic (exact) mass is 405 g/mol. The van der Waals surface area contributed by atoms with Gasteiger partial charge in [0, 0.05) is 17.2 Å². The van der Waals surface area contributed by atoms with Crippen molar-refractivity contribution in [3.05, 3.63) is 40.2 Å². The molecule has 0 saturated heterocycles. The lowest BCUT2D eigenvalue weighted by Crippen LogP contribution is -2.07. The molecule has 2 aromatic heterocycles. The maximum Gasteiger partial charge on any atom is 0.449 e. The second-order valence-corrected chi connectivity index (χ2v) is 8.52. The molecule has 0 saturated carbocycles. The highest BCUT2D eigenvalue weighted by molar-refractivity contribution is 7.90. The molecular formula is C15H11F4N3O2S2. The molecule has 0 atom stereocenters. The fourth-order valence-electron chi connectivity index (χ4n) is 2.33. The predicted octanol–water partition coefficient (Wildman–Crippen LogP) is 4.07. The van der Waals surface area contributed by atoms with Gasteiger partial charge in [0.25, 0.3) is 0 Å². The van der Waals surface area contributed by atoms with Crippen LogP contribution in [0.5, 0.6) is 0 Å². The van der Waals surface area contributed by atoms with Crippen LogP contribution in [0.15, 0.2) is 28.5 Å². The van der Waals surface area contributed by atoms with Crippen LogP contribution in [0.25, 0.3) is 22.6 Å². The number of halogens is 4. The summed E-state index contributed by atoms with van der Waals surface area (Å²) >= 11 is 1.24. The minimum absolute atomic E-state index is 0.00213. The fraction of sp³-hybridized carbons (Fsp3) is 0.200. The van der Waals surface area contributed by atoms with Gasteiger partial charge in [-0.3, -0.25) is 0 Å². The molecule has 5 nitrogen and oxygen atoms in total. The molecule has 0 aliphatic heterocycles. The first-order chi connectivity index (χ1) is 12.0. The molecule has 26 heavy (non-hydrogen) atoms. The van der Waals surface area contributed by atoms with E-state index in [0.29, 0.717) is 5.01 Å². The van der Waals surface area contributed by atoms with Gasteiger partial charge in [-0.25, -0.2) is 22.8 Å². The number of hydrogen-bond acceptors (Lipinski definition) is 5. The minimum atomic E-state index is -4.73. The van der Waals surface area contributed by atoms with Gasteiger partial charge >= 0.3 is 6.18 Å². The van der Waals surface area contributed by atoms with Crippen molar-refractivity contribution in [3.8, 4) is 22.6 Å². The molecule has 0 bridgehead atoms. The van der Waals surface area contributed by atoms with Gasteiger partial charge in [0.1, 0.15) is 10.7 Å². The average Bonchev–Trinajstić information content (AvgIpc) is 3.11. The number of imidazole rings is 1. The van der Waals surface area contributed by atoms with Crippen molar-refractivity contribution in [2.75, 3.05) is 6.26 Å².